The smallest absolute Gasteiger partial charge is 0.0326 e. The summed E-state index contributed by atoms with van der Waals surface area (Å²) in [5.74, 6) is 13.0. The van der Waals surface area contributed by atoms with E-state index in [2.05, 4.69) is 23.7 Å². The topological polar surface area (TPSA) is 52.0 Å². The van der Waals surface area contributed by atoms with Crippen LogP contribution < -0.4 is 11.5 Å². The van der Waals surface area contributed by atoms with E-state index in [1.807, 2.05) is 97.1 Å². The highest BCUT2D eigenvalue weighted by atomic mass is 14.5. The fraction of sp³-hybridized carbons (Fsp3) is 0.0345. The van der Waals surface area contributed by atoms with Gasteiger partial charge in [0.25, 0.3) is 0 Å². The lowest BCUT2D eigenvalue weighted by molar-refractivity contribution is 1.17. The van der Waals surface area contributed by atoms with E-state index in [1.165, 1.54) is 0 Å². The van der Waals surface area contributed by atoms with E-state index >= 15 is 0 Å². The van der Waals surface area contributed by atoms with Gasteiger partial charge in [0.1, 0.15) is 0 Å². The number of nitrogens with two attached hydrogens (primary N) is 2. The third kappa shape index (κ3) is 5.36. The van der Waals surface area contributed by atoms with Gasteiger partial charge in [-0.25, -0.2) is 0 Å². The Balaban J connectivity index is 1.69. The van der Waals surface area contributed by atoms with Gasteiger partial charge in [0.15, 0.2) is 0 Å². The maximum Gasteiger partial charge on any atom is 0.0326 e. The first-order valence-corrected chi connectivity index (χ1v) is 10.1. The minimum absolute atomic E-state index is 0.693. The van der Waals surface area contributed by atoms with Crippen molar-refractivity contribution in [3.63, 3.8) is 0 Å². The number of nitrogen functional groups attached to an aromatic ring is 2. The molecule has 0 saturated heterocycles. The van der Waals surface area contributed by atoms with Crippen LogP contribution in [-0.2, 0) is 6.42 Å². The summed E-state index contributed by atoms with van der Waals surface area (Å²) in [7, 11) is 0. The van der Waals surface area contributed by atoms with E-state index in [0.29, 0.717) is 17.8 Å². The minimum atomic E-state index is 0.693. The summed E-state index contributed by atoms with van der Waals surface area (Å²) < 4.78 is 0. The average Bonchev–Trinajstić information content (AvgIpc) is 2.80. The molecule has 0 saturated carbocycles. The van der Waals surface area contributed by atoms with Gasteiger partial charge in [-0.2, -0.15) is 0 Å². The van der Waals surface area contributed by atoms with Crippen molar-refractivity contribution in [1.82, 2.24) is 0 Å². The Labute approximate surface area is 183 Å². The van der Waals surface area contributed by atoms with Gasteiger partial charge in [0.2, 0.25) is 0 Å². The normalized spacial score (nSPS) is 9.81. The maximum absolute atomic E-state index is 6.05. The zero-order valence-electron chi connectivity index (χ0n) is 17.1. The van der Waals surface area contributed by atoms with Crippen LogP contribution in [0.4, 0.5) is 11.4 Å². The molecule has 4 aromatic rings. The zero-order chi connectivity index (χ0) is 21.5. The predicted molar refractivity (Wildman–Crippen MR) is 129 cm³/mol. The quantitative estimate of drug-likeness (QED) is 0.358. The minimum Gasteiger partial charge on any atom is -0.399 e. The molecule has 2 nitrogen and oxygen atoms in total. The lowest BCUT2D eigenvalue weighted by Gasteiger charge is -2.09. The van der Waals surface area contributed by atoms with Gasteiger partial charge >= 0.3 is 0 Å². The molecule has 4 aromatic carbocycles. The zero-order valence-corrected chi connectivity index (χ0v) is 17.1. The molecule has 0 aliphatic carbocycles. The van der Waals surface area contributed by atoms with Crippen molar-refractivity contribution in [2.45, 2.75) is 6.42 Å². The summed E-state index contributed by atoms with van der Waals surface area (Å²) in [6.07, 6.45) is 0.693. The van der Waals surface area contributed by atoms with Crippen molar-refractivity contribution < 1.29 is 0 Å². The molecule has 0 aliphatic heterocycles. The number of rotatable bonds is 2. The molecule has 0 spiro atoms. The third-order valence-corrected chi connectivity index (χ3v) is 4.88. The fourth-order valence-electron chi connectivity index (χ4n) is 3.26. The Morgan fingerprint density at radius 1 is 0.484 bits per heavy atom. The van der Waals surface area contributed by atoms with Crippen molar-refractivity contribution in [2.24, 2.45) is 0 Å². The molecule has 2 heteroatoms. The Kier molecular flexibility index (Phi) is 6.03. The Morgan fingerprint density at radius 3 is 1.32 bits per heavy atom. The van der Waals surface area contributed by atoms with E-state index in [1.54, 1.807) is 0 Å². The summed E-state index contributed by atoms with van der Waals surface area (Å²) in [6, 6.07) is 31.6. The molecule has 0 fully saturated rings. The molecular formula is C29H22N2. The van der Waals surface area contributed by atoms with E-state index in [0.717, 1.165) is 33.4 Å². The van der Waals surface area contributed by atoms with Crippen molar-refractivity contribution in [3.05, 3.63) is 130 Å². The SMILES string of the molecule is Nc1ccc(Cc2ccc(N)cc2C#Cc2ccccc2)c(C#Cc2ccccc2)c1. The standard InChI is InChI=1S/C29H22N2/c30-28-17-15-24(26(20-28)13-11-22-7-3-1-4-8-22)19-25-16-18-29(31)21-27(25)14-12-23-9-5-2-6-10-23/h1-10,15-18,20-21H,19,30-31H2. The highest BCUT2D eigenvalue weighted by Gasteiger charge is 2.07. The van der Waals surface area contributed by atoms with Crippen LogP contribution in [0.2, 0.25) is 0 Å². The number of anilines is 2. The van der Waals surface area contributed by atoms with Crippen LogP contribution in [0, 0.1) is 23.7 Å². The Bertz CT molecular complexity index is 1210. The third-order valence-electron chi connectivity index (χ3n) is 4.88. The Hall–Kier alpha value is -4.40. The highest BCUT2D eigenvalue weighted by Crippen LogP contribution is 2.21. The summed E-state index contributed by atoms with van der Waals surface area (Å²) in [5, 5.41) is 0. The first-order valence-electron chi connectivity index (χ1n) is 10.1. The molecule has 0 amide bonds. The molecule has 148 valence electrons. The molecule has 0 bridgehead atoms. The molecule has 4 N–H and O–H groups in total. The molecular weight excluding hydrogens is 376 g/mol. The first kappa shape index (κ1) is 19.9. The van der Waals surface area contributed by atoms with Crippen LogP contribution in [0.3, 0.4) is 0 Å². The molecule has 31 heavy (non-hydrogen) atoms. The van der Waals surface area contributed by atoms with Crippen molar-refractivity contribution in [1.29, 1.82) is 0 Å². The van der Waals surface area contributed by atoms with E-state index in [4.69, 9.17) is 11.5 Å². The molecule has 0 unspecified atom stereocenters. The van der Waals surface area contributed by atoms with E-state index in [-0.39, 0.29) is 0 Å². The monoisotopic (exact) mass is 398 g/mol. The van der Waals surface area contributed by atoms with Crippen LogP contribution in [0.5, 0.6) is 0 Å². The number of benzene rings is 4. The van der Waals surface area contributed by atoms with Gasteiger partial charge < -0.3 is 11.5 Å². The van der Waals surface area contributed by atoms with E-state index < -0.39 is 0 Å². The Morgan fingerprint density at radius 2 is 0.903 bits per heavy atom. The second kappa shape index (κ2) is 9.40. The van der Waals surface area contributed by atoms with Gasteiger partial charge in [-0.15, -0.1) is 0 Å². The summed E-state index contributed by atoms with van der Waals surface area (Å²) >= 11 is 0. The molecule has 0 aliphatic rings. The molecule has 0 heterocycles. The maximum atomic E-state index is 6.05. The highest BCUT2D eigenvalue weighted by molar-refractivity contribution is 5.58. The molecule has 0 atom stereocenters. The lowest BCUT2D eigenvalue weighted by atomic mass is 9.95. The first-order chi connectivity index (χ1) is 15.2. The van der Waals surface area contributed by atoms with Gasteiger partial charge in [-0.3, -0.25) is 0 Å². The van der Waals surface area contributed by atoms with Crippen LogP contribution in [0.15, 0.2) is 97.1 Å². The van der Waals surface area contributed by atoms with Crippen LogP contribution in [0.25, 0.3) is 0 Å². The van der Waals surface area contributed by atoms with Crippen molar-refractivity contribution in [2.75, 3.05) is 11.5 Å². The fourth-order valence-corrected chi connectivity index (χ4v) is 3.26. The van der Waals surface area contributed by atoms with Gasteiger partial charge in [-0.05, 0) is 66.1 Å². The second-order valence-electron chi connectivity index (χ2n) is 7.24. The summed E-state index contributed by atoms with van der Waals surface area (Å²) in [4.78, 5) is 0. The van der Waals surface area contributed by atoms with Gasteiger partial charge in [0, 0.05) is 33.6 Å². The summed E-state index contributed by atoms with van der Waals surface area (Å²) in [6.45, 7) is 0. The predicted octanol–water partition coefficient (Wildman–Crippen LogP) is 5.24. The molecule has 0 radical (unpaired) electrons. The van der Waals surface area contributed by atoms with Crippen LogP contribution in [-0.4, -0.2) is 0 Å². The van der Waals surface area contributed by atoms with Gasteiger partial charge in [-0.1, -0.05) is 72.2 Å². The number of hydrogen-bond acceptors (Lipinski definition) is 2. The average molecular weight is 399 g/mol. The second-order valence-corrected chi connectivity index (χ2v) is 7.24. The van der Waals surface area contributed by atoms with Crippen LogP contribution >= 0.6 is 0 Å². The molecule has 4 rings (SSSR count). The van der Waals surface area contributed by atoms with Crippen LogP contribution in [0.1, 0.15) is 33.4 Å². The largest absolute Gasteiger partial charge is 0.399 e. The van der Waals surface area contributed by atoms with E-state index in [9.17, 15) is 0 Å². The van der Waals surface area contributed by atoms with Crippen molar-refractivity contribution >= 4 is 11.4 Å². The van der Waals surface area contributed by atoms with Crippen molar-refractivity contribution in [3.8, 4) is 23.7 Å². The van der Waals surface area contributed by atoms with Gasteiger partial charge in [0.05, 0.1) is 0 Å². The summed E-state index contributed by atoms with van der Waals surface area (Å²) in [5.41, 5.74) is 19.5. The molecule has 0 aromatic heterocycles. The number of hydrogen-bond donors (Lipinski definition) is 2. The lowest BCUT2D eigenvalue weighted by Crippen LogP contribution is -1.98.